The van der Waals surface area contributed by atoms with Crippen LogP contribution in [0.1, 0.15) is 19.8 Å². The number of rotatable bonds is 6. The maximum atomic E-state index is 11.6. The summed E-state index contributed by atoms with van der Waals surface area (Å²) in [6.45, 7) is 5.17. The Hall–Kier alpha value is -0.720. The molecule has 0 saturated carbocycles. The van der Waals surface area contributed by atoms with Crippen LogP contribution in [0.2, 0.25) is 0 Å². The van der Waals surface area contributed by atoms with Gasteiger partial charge in [-0.15, -0.1) is 0 Å². The molecular weight excluding hydrogens is 238 g/mol. The van der Waals surface area contributed by atoms with Crippen LogP contribution < -0.4 is 11.1 Å². The van der Waals surface area contributed by atoms with Crippen molar-refractivity contribution in [1.82, 2.24) is 10.2 Å². The molecule has 1 fully saturated rings. The number of nitrogens with two attached hydrogens (primary N) is 1. The average Bonchev–Trinajstić information content (AvgIpc) is 2.29. The van der Waals surface area contributed by atoms with Crippen LogP contribution in [0.3, 0.4) is 0 Å². The van der Waals surface area contributed by atoms with Crippen molar-refractivity contribution in [3.8, 4) is 0 Å². The molecule has 3 N–H and O–H groups in total. The summed E-state index contributed by atoms with van der Waals surface area (Å²) in [5, 5.41) is 2.89. The normalized spacial score (nSPS) is 21.1. The summed E-state index contributed by atoms with van der Waals surface area (Å²) in [6.07, 6.45) is 1.88. The molecule has 1 saturated heterocycles. The molecule has 0 aliphatic carbocycles. The molecule has 1 atom stereocenters. The summed E-state index contributed by atoms with van der Waals surface area (Å²) in [5.41, 5.74) is 5.54. The van der Waals surface area contributed by atoms with Gasteiger partial charge in [0, 0.05) is 19.6 Å². The minimum absolute atomic E-state index is 0.0574. The van der Waals surface area contributed by atoms with Gasteiger partial charge in [0.15, 0.2) is 0 Å². The molecule has 0 spiro atoms. The van der Waals surface area contributed by atoms with Gasteiger partial charge in [0.2, 0.25) is 5.91 Å². The van der Waals surface area contributed by atoms with Gasteiger partial charge < -0.3 is 15.8 Å². The predicted molar refractivity (Wildman–Crippen MR) is 70.9 cm³/mol. The molecular formula is C11H21N3O2S. The first kappa shape index (κ1) is 14.3. The number of nitrogens with one attached hydrogen (secondary N) is 1. The van der Waals surface area contributed by atoms with Gasteiger partial charge >= 0.3 is 0 Å². The van der Waals surface area contributed by atoms with Gasteiger partial charge in [-0.25, -0.2) is 0 Å². The second-order valence-corrected chi connectivity index (χ2v) is 4.67. The van der Waals surface area contributed by atoms with E-state index >= 15 is 0 Å². The quantitative estimate of drug-likeness (QED) is 0.514. The minimum atomic E-state index is -0.220. The Bertz CT molecular complexity index is 273. The molecule has 0 bridgehead atoms. The number of hydrogen-bond donors (Lipinski definition) is 2. The Morgan fingerprint density at radius 1 is 1.65 bits per heavy atom. The first-order valence-corrected chi connectivity index (χ1v) is 6.44. The lowest BCUT2D eigenvalue weighted by Crippen LogP contribution is -2.50. The van der Waals surface area contributed by atoms with Crippen LogP contribution in [0.15, 0.2) is 0 Å². The van der Waals surface area contributed by atoms with E-state index in [1.807, 2.05) is 4.90 Å². The molecule has 1 aliphatic heterocycles. The summed E-state index contributed by atoms with van der Waals surface area (Å²) in [5.74, 6) is 0.0574. The number of carbonyl (C=O) groups is 1. The Morgan fingerprint density at radius 3 is 3.06 bits per heavy atom. The summed E-state index contributed by atoms with van der Waals surface area (Å²) < 4.78 is 5.41. The van der Waals surface area contributed by atoms with Gasteiger partial charge in [-0.2, -0.15) is 0 Å². The van der Waals surface area contributed by atoms with Gasteiger partial charge in [-0.3, -0.25) is 9.69 Å². The van der Waals surface area contributed by atoms with Crippen molar-refractivity contribution in [3.05, 3.63) is 0 Å². The van der Waals surface area contributed by atoms with Crippen LogP contribution in [-0.4, -0.2) is 54.7 Å². The van der Waals surface area contributed by atoms with Gasteiger partial charge in [0.05, 0.1) is 13.2 Å². The maximum absolute atomic E-state index is 11.6. The highest BCUT2D eigenvalue weighted by Gasteiger charge is 2.23. The SMILES string of the molecule is CCCCNC(=O)CN1CCOC(C(N)=S)C1. The van der Waals surface area contributed by atoms with Crippen molar-refractivity contribution in [2.24, 2.45) is 5.73 Å². The molecule has 0 aromatic carbocycles. The Kier molecular flexibility index (Phi) is 6.39. The third-order valence-electron chi connectivity index (χ3n) is 2.69. The van der Waals surface area contributed by atoms with Crippen LogP contribution >= 0.6 is 12.2 Å². The minimum Gasteiger partial charge on any atom is -0.391 e. The second kappa shape index (κ2) is 7.58. The fourth-order valence-electron chi connectivity index (χ4n) is 1.68. The van der Waals surface area contributed by atoms with E-state index in [4.69, 9.17) is 22.7 Å². The second-order valence-electron chi connectivity index (χ2n) is 4.20. The molecule has 1 rings (SSSR count). The molecule has 98 valence electrons. The molecule has 0 aromatic heterocycles. The van der Waals surface area contributed by atoms with Crippen LogP contribution in [-0.2, 0) is 9.53 Å². The first-order valence-electron chi connectivity index (χ1n) is 6.03. The lowest BCUT2D eigenvalue weighted by atomic mass is 10.2. The highest BCUT2D eigenvalue weighted by Crippen LogP contribution is 2.04. The summed E-state index contributed by atoms with van der Waals surface area (Å²) in [6, 6.07) is 0. The van der Waals surface area contributed by atoms with Crippen LogP contribution in [0, 0.1) is 0 Å². The van der Waals surface area contributed by atoms with Crippen molar-refractivity contribution in [2.45, 2.75) is 25.9 Å². The van der Waals surface area contributed by atoms with E-state index in [9.17, 15) is 4.79 Å². The molecule has 0 aromatic rings. The summed E-state index contributed by atoms with van der Waals surface area (Å²) in [4.78, 5) is 14.0. The van der Waals surface area contributed by atoms with Crippen LogP contribution in [0.25, 0.3) is 0 Å². The zero-order chi connectivity index (χ0) is 12.7. The van der Waals surface area contributed by atoms with Gasteiger partial charge in [-0.05, 0) is 6.42 Å². The number of carbonyl (C=O) groups excluding carboxylic acids is 1. The lowest BCUT2D eigenvalue weighted by Gasteiger charge is -2.31. The molecule has 1 heterocycles. The van der Waals surface area contributed by atoms with E-state index < -0.39 is 0 Å². The molecule has 5 nitrogen and oxygen atoms in total. The smallest absolute Gasteiger partial charge is 0.234 e. The highest BCUT2D eigenvalue weighted by molar-refractivity contribution is 7.80. The first-order chi connectivity index (χ1) is 8.13. The number of morpholine rings is 1. The van der Waals surface area contributed by atoms with Crippen LogP contribution in [0.4, 0.5) is 0 Å². The lowest BCUT2D eigenvalue weighted by molar-refractivity contribution is -0.123. The molecule has 0 radical (unpaired) electrons. The Morgan fingerprint density at radius 2 is 2.41 bits per heavy atom. The Labute approximate surface area is 108 Å². The van der Waals surface area contributed by atoms with Gasteiger partial charge in [0.1, 0.15) is 11.1 Å². The van der Waals surface area contributed by atoms with Crippen molar-refractivity contribution >= 4 is 23.1 Å². The van der Waals surface area contributed by atoms with E-state index in [1.165, 1.54) is 0 Å². The third kappa shape index (κ3) is 5.43. The molecule has 1 aliphatic rings. The third-order valence-corrected chi connectivity index (χ3v) is 2.95. The van der Waals surface area contributed by atoms with E-state index in [0.29, 0.717) is 24.7 Å². The molecule has 1 unspecified atom stereocenters. The monoisotopic (exact) mass is 259 g/mol. The number of amides is 1. The highest BCUT2D eigenvalue weighted by atomic mass is 32.1. The number of hydrogen-bond acceptors (Lipinski definition) is 4. The molecule has 17 heavy (non-hydrogen) atoms. The number of unbranched alkanes of at least 4 members (excludes halogenated alkanes) is 1. The van der Waals surface area contributed by atoms with Gasteiger partial charge in [0.25, 0.3) is 0 Å². The maximum Gasteiger partial charge on any atom is 0.234 e. The number of thiocarbonyl (C=S) groups is 1. The zero-order valence-electron chi connectivity index (χ0n) is 10.3. The summed E-state index contributed by atoms with van der Waals surface area (Å²) >= 11 is 4.89. The summed E-state index contributed by atoms with van der Waals surface area (Å²) in [7, 11) is 0. The predicted octanol–water partition coefficient (Wildman–Crippen LogP) is -0.110. The largest absolute Gasteiger partial charge is 0.391 e. The van der Waals surface area contributed by atoms with E-state index in [2.05, 4.69) is 12.2 Å². The van der Waals surface area contributed by atoms with E-state index in [-0.39, 0.29) is 12.0 Å². The topological polar surface area (TPSA) is 67.6 Å². The fraction of sp³-hybridized carbons (Fsp3) is 0.818. The van der Waals surface area contributed by atoms with Crippen molar-refractivity contribution in [3.63, 3.8) is 0 Å². The van der Waals surface area contributed by atoms with Gasteiger partial charge in [-0.1, -0.05) is 25.6 Å². The number of ether oxygens (including phenoxy) is 1. The molecule has 1 amide bonds. The van der Waals surface area contributed by atoms with E-state index in [1.54, 1.807) is 0 Å². The van der Waals surface area contributed by atoms with Crippen LogP contribution in [0.5, 0.6) is 0 Å². The van der Waals surface area contributed by atoms with Crippen molar-refractivity contribution < 1.29 is 9.53 Å². The van der Waals surface area contributed by atoms with Crippen molar-refractivity contribution in [1.29, 1.82) is 0 Å². The fourth-order valence-corrected chi connectivity index (χ4v) is 1.82. The standard InChI is InChI=1S/C11H21N3O2S/c1-2-3-4-13-10(15)8-14-5-6-16-9(7-14)11(12)17/h9H,2-8H2,1H3,(H2,12,17)(H,13,15). The zero-order valence-corrected chi connectivity index (χ0v) is 11.1. The van der Waals surface area contributed by atoms with Crippen molar-refractivity contribution in [2.75, 3.05) is 32.8 Å². The molecule has 6 heteroatoms. The Balaban J connectivity index is 2.26. The average molecular weight is 259 g/mol. The number of nitrogens with zero attached hydrogens (tertiary/aromatic N) is 1. The van der Waals surface area contributed by atoms with E-state index in [0.717, 1.165) is 25.9 Å².